The monoisotopic (exact) mass is 275 g/mol. The van der Waals surface area contributed by atoms with Crippen molar-refractivity contribution in [1.82, 2.24) is 0 Å². The molecule has 0 saturated carbocycles. The Hall–Kier alpha value is -0.900. The summed E-state index contributed by atoms with van der Waals surface area (Å²) in [6, 6.07) is 8.34. The van der Waals surface area contributed by atoms with Gasteiger partial charge in [-0.1, -0.05) is 24.3 Å². The van der Waals surface area contributed by atoms with Crippen LogP contribution in [0.4, 0.5) is 0 Å². The van der Waals surface area contributed by atoms with Crippen molar-refractivity contribution < 1.29 is 9.84 Å². The van der Waals surface area contributed by atoms with E-state index in [9.17, 15) is 5.11 Å². The van der Waals surface area contributed by atoms with Crippen LogP contribution in [0.5, 0.6) is 0 Å². The van der Waals surface area contributed by atoms with Crippen molar-refractivity contribution in [2.24, 2.45) is 11.1 Å². The van der Waals surface area contributed by atoms with E-state index in [4.69, 9.17) is 10.5 Å². The van der Waals surface area contributed by atoms with Gasteiger partial charge in [-0.2, -0.15) is 0 Å². The van der Waals surface area contributed by atoms with Gasteiger partial charge in [0.05, 0.1) is 12.2 Å². The predicted octanol–water partition coefficient (Wildman–Crippen LogP) is 2.36. The second-order valence-electron chi connectivity index (χ2n) is 6.37. The van der Waals surface area contributed by atoms with Crippen LogP contribution in [0.2, 0.25) is 0 Å². The van der Waals surface area contributed by atoms with Crippen LogP contribution in [0, 0.1) is 5.41 Å². The van der Waals surface area contributed by atoms with Crippen LogP contribution in [0.3, 0.4) is 0 Å². The molecule has 20 heavy (non-hydrogen) atoms. The van der Waals surface area contributed by atoms with Gasteiger partial charge in [0.1, 0.15) is 0 Å². The molecule has 3 rings (SSSR count). The first-order valence-corrected chi connectivity index (χ1v) is 7.80. The average Bonchev–Trinajstić information content (AvgIpc) is 2.69. The minimum absolute atomic E-state index is 0.328. The van der Waals surface area contributed by atoms with E-state index in [1.165, 1.54) is 5.56 Å². The van der Waals surface area contributed by atoms with Crippen LogP contribution in [0.25, 0.3) is 0 Å². The molecule has 0 spiro atoms. The molecular weight excluding hydrogens is 250 g/mol. The molecule has 0 amide bonds. The SMILES string of the molecule is NCC1(C2(O)CCCCc3ccccc32)CCCOC1. The molecule has 1 saturated heterocycles. The molecule has 2 atom stereocenters. The van der Waals surface area contributed by atoms with E-state index in [-0.39, 0.29) is 5.41 Å². The summed E-state index contributed by atoms with van der Waals surface area (Å²) in [4.78, 5) is 0. The normalized spacial score (nSPS) is 34.3. The van der Waals surface area contributed by atoms with Gasteiger partial charge in [-0.3, -0.25) is 0 Å². The van der Waals surface area contributed by atoms with Crippen LogP contribution < -0.4 is 5.73 Å². The van der Waals surface area contributed by atoms with Crippen molar-refractivity contribution >= 4 is 0 Å². The Kier molecular flexibility index (Phi) is 3.85. The molecule has 3 N–H and O–H groups in total. The second kappa shape index (κ2) is 5.47. The second-order valence-corrected chi connectivity index (χ2v) is 6.37. The lowest BCUT2D eigenvalue weighted by molar-refractivity contribution is -0.153. The molecule has 1 heterocycles. The van der Waals surface area contributed by atoms with Gasteiger partial charge in [0, 0.05) is 18.6 Å². The van der Waals surface area contributed by atoms with Gasteiger partial charge in [-0.05, 0) is 49.7 Å². The van der Waals surface area contributed by atoms with Gasteiger partial charge in [0.15, 0.2) is 0 Å². The molecule has 2 aliphatic rings. The summed E-state index contributed by atoms with van der Waals surface area (Å²) in [5.74, 6) is 0. The summed E-state index contributed by atoms with van der Waals surface area (Å²) in [6.45, 7) is 1.85. The smallest absolute Gasteiger partial charge is 0.0989 e. The molecular formula is C17H25NO2. The fourth-order valence-electron chi connectivity index (χ4n) is 4.03. The quantitative estimate of drug-likeness (QED) is 0.815. The van der Waals surface area contributed by atoms with E-state index in [0.717, 1.165) is 50.7 Å². The zero-order valence-electron chi connectivity index (χ0n) is 12.1. The topological polar surface area (TPSA) is 55.5 Å². The number of aliphatic hydroxyl groups is 1. The number of rotatable bonds is 2. The molecule has 3 heteroatoms. The number of benzene rings is 1. The maximum absolute atomic E-state index is 11.6. The predicted molar refractivity (Wildman–Crippen MR) is 79.4 cm³/mol. The van der Waals surface area contributed by atoms with Crippen molar-refractivity contribution in [3.05, 3.63) is 35.4 Å². The van der Waals surface area contributed by atoms with Gasteiger partial charge >= 0.3 is 0 Å². The van der Waals surface area contributed by atoms with Crippen LogP contribution in [0.1, 0.15) is 43.2 Å². The van der Waals surface area contributed by atoms with E-state index in [0.29, 0.717) is 13.2 Å². The molecule has 2 unspecified atom stereocenters. The van der Waals surface area contributed by atoms with Crippen LogP contribution in [0.15, 0.2) is 24.3 Å². The van der Waals surface area contributed by atoms with Crippen LogP contribution >= 0.6 is 0 Å². The lowest BCUT2D eigenvalue weighted by Crippen LogP contribution is -2.55. The van der Waals surface area contributed by atoms with Gasteiger partial charge in [-0.15, -0.1) is 0 Å². The molecule has 1 aromatic carbocycles. The van der Waals surface area contributed by atoms with Crippen LogP contribution in [-0.4, -0.2) is 24.9 Å². The minimum atomic E-state index is -0.838. The summed E-state index contributed by atoms with van der Waals surface area (Å²) in [7, 11) is 0. The Labute approximate surface area is 121 Å². The summed E-state index contributed by atoms with van der Waals surface area (Å²) < 4.78 is 5.71. The first kappa shape index (κ1) is 14.1. The Morgan fingerprint density at radius 3 is 2.75 bits per heavy atom. The number of aryl methyl sites for hydroxylation is 1. The van der Waals surface area contributed by atoms with Crippen molar-refractivity contribution in [3.8, 4) is 0 Å². The lowest BCUT2D eigenvalue weighted by Gasteiger charge is -2.49. The Bertz CT molecular complexity index is 468. The third-order valence-corrected chi connectivity index (χ3v) is 5.29. The fraction of sp³-hybridized carbons (Fsp3) is 0.647. The lowest BCUT2D eigenvalue weighted by atomic mass is 9.63. The Morgan fingerprint density at radius 1 is 1.15 bits per heavy atom. The Balaban J connectivity index is 2.09. The number of fused-ring (bicyclic) bond motifs is 1. The van der Waals surface area contributed by atoms with E-state index in [1.807, 2.05) is 6.07 Å². The third kappa shape index (κ3) is 2.09. The van der Waals surface area contributed by atoms with E-state index in [1.54, 1.807) is 0 Å². The number of hydrogen-bond donors (Lipinski definition) is 2. The highest BCUT2D eigenvalue weighted by Gasteiger charge is 2.52. The summed E-state index contributed by atoms with van der Waals surface area (Å²) in [5.41, 5.74) is 7.33. The fourth-order valence-corrected chi connectivity index (χ4v) is 4.03. The largest absolute Gasteiger partial charge is 0.384 e. The molecule has 0 aromatic heterocycles. The van der Waals surface area contributed by atoms with Crippen molar-refractivity contribution in [2.75, 3.05) is 19.8 Å². The molecule has 1 aliphatic heterocycles. The molecule has 0 bridgehead atoms. The molecule has 1 aliphatic carbocycles. The third-order valence-electron chi connectivity index (χ3n) is 5.29. The standard InChI is InChI=1S/C17H25NO2/c18-12-16(9-5-11-20-13-16)17(19)10-4-3-7-14-6-1-2-8-15(14)17/h1-2,6,8,19H,3-5,7,9-13,18H2. The van der Waals surface area contributed by atoms with Gasteiger partial charge in [0.2, 0.25) is 0 Å². The zero-order valence-corrected chi connectivity index (χ0v) is 12.1. The molecule has 0 radical (unpaired) electrons. The van der Waals surface area contributed by atoms with Gasteiger partial charge < -0.3 is 15.6 Å². The molecule has 1 fully saturated rings. The number of ether oxygens (including phenoxy) is 1. The first-order chi connectivity index (χ1) is 9.72. The highest BCUT2D eigenvalue weighted by atomic mass is 16.5. The summed E-state index contributed by atoms with van der Waals surface area (Å²) >= 11 is 0. The molecule has 3 nitrogen and oxygen atoms in total. The Morgan fingerprint density at radius 2 is 2.00 bits per heavy atom. The maximum atomic E-state index is 11.6. The maximum Gasteiger partial charge on any atom is 0.0989 e. The highest BCUT2D eigenvalue weighted by Crippen LogP contribution is 2.50. The van der Waals surface area contributed by atoms with Crippen LogP contribution in [-0.2, 0) is 16.8 Å². The van der Waals surface area contributed by atoms with E-state index >= 15 is 0 Å². The zero-order chi connectivity index (χ0) is 14.1. The summed E-state index contributed by atoms with van der Waals surface area (Å²) in [6.07, 6.45) is 5.98. The minimum Gasteiger partial charge on any atom is -0.384 e. The van der Waals surface area contributed by atoms with E-state index < -0.39 is 5.60 Å². The van der Waals surface area contributed by atoms with Crippen molar-refractivity contribution in [1.29, 1.82) is 0 Å². The number of nitrogens with two attached hydrogens (primary N) is 1. The number of hydrogen-bond acceptors (Lipinski definition) is 3. The highest BCUT2D eigenvalue weighted by molar-refractivity contribution is 5.36. The summed E-state index contributed by atoms with van der Waals surface area (Å²) in [5, 5.41) is 11.6. The van der Waals surface area contributed by atoms with Crippen molar-refractivity contribution in [3.63, 3.8) is 0 Å². The van der Waals surface area contributed by atoms with Crippen molar-refractivity contribution in [2.45, 2.75) is 44.1 Å². The average molecular weight is 275 g/mol. The molecule has 110 valence electrons. The molecule has 1 aromatic rings. The van der Waals surface area contributed by atoms with Gasteiger partial charge in [-0.25, -0.2) is 0 Å². The first-order valence-electron chi connectivity index (χ1n) is 7.80. The van der Waals surface area contributed by atoms with Gasteiger partial charge in [0.25, 0.3) is 0 Å². The van der Waals surface area contributed by atoms with E-state index in [2.05, 4.69) is 18.2 Å².